The molecule has 0 unspecified atom stereocenters. The highest BCUT2D eigenvalue weighted by Crippen LogP contribution is 2.36. The Labute approximate surface area is 117 Å². The van der Waals surface area contributed by atoms with Gasteiger partial charge in [0.25, 0.3) is 0 Å². The van der Waals surface area contributed by atoms with Gasteiger partial charge in [-0.3, -0.25) is 0 Å². The first-order valence-corrected chi connectivity index (χ1v) is 9.96. The number of hydrogen-bond donors (Lipinski definition) is 0. The van der Waals surface area contributed by atoms with Crippen LogP contribution in [-0.4, -0.2) is 46.2 Å². The van der Waals surface area contributed by atoms with Crippen molar-refractivity contribution in [1.82, 2.24) is 0 Å². The minimum absolute atomic E-state index is 0.0175. The predicted octanol–water partition coefficient (Wildman–Crippen LogP) is 3.42. The fraction of sp³-hybridized carbons (Fsp3) is 1.00. The lowest BCUT2D eigenvalue weighted by atomic mass is 10.1. The summed E-state index contributed by atoms with van der Waals surface area (Å²) in [4.78, 5) is 0. The number of halogens is 1. The summed E-state index contributed by atoms with van der Waals surface area (Å²) in [5, 5.41) is 0.188. The van der Waals surface area contributed by atoms with E-state index in [2.05, 4.69) is 33.9 Å². The second-order valence-electron chi connectivity index (χ2n) is 6.49. The van der Waals surface area contributed by atoms with E-state index < -0.39 is 8.32 Å². The molecule has 3 nitrogen and oxygen atoms in total. The molecule has 5 heteroatoms. The highest BCUT2D eigenvalue weighted by atomic mass is 35.5. The van der Waals surface area contributed by atoms with E-state index >= 15 is 0 Å². The molecule has 1 rings (SSSR count). The van der Waals surface area contributed by atoms with E-state index in [1.54, 1.807) is 7.11 Å². The second kappa shape index (κ2) is 6.22. The lowest BCUT2D eigenvalue weighted by molar-refractivity contribution is 0.0696. The third kappa shape index (κ3) is 4.49. The molecule has 18 heavy (non-hydrogen) atoms. The summed E-state index contributed by atoms with van der Waals surface area (Å²) >= 11 is 6.29. The van der Waals surface area contributed by atoms with E-state index in [4.69, 9.17) is 25.5 Å². The summed E-state index contributed by atoms with van der Waals surface area (Å²) < 4.78 is 16.8. The molecule has 0 aliphatic carbocycles. The van der Waals surface area contributed by atoms with Crippen LogP contribution in [-0.2, 0) is 13.9 Å². The average molecular weight is 295 g/mol. The van der Waals surface area contributed by atoms with Crippen LogP contribution in [0.3, 0.4) is 0 Å². The molecular formula is C13H27ClO3Si. The number of alkyl halides is 1. The van der Waals surface area contributed by atoms with Gasteiger partial charge < -0.3 is 13.9 Å². The Morgan fingerprint density at radius 1 is 1.39 bits per heavy atom. The molecule has 0 spiro atoms. The molecule has 0 radical (unpaired) electrons. The van der Waals surface area contributed by atoms with E-state index in [1.807, 2.05) is 0 Å². The fourth-order valence-corrected chi connectivity index (χ4v) is 2.97. The smallest absolute Gasteiger partial charge is 0.191 e. The summed E-state index contributed by atoms with van der Waals surface area (Å²) in [6.45, 7) is 12.7. The topological polar surface area (TPSA) is 31.0 Å². The number of epoxide rings is 1. The molecule has 0 bridgehead atoms. The first kappa shape index (κ1) is 16.4. The summed E-state index contributed by atoms with van der Waals surface area (Å²) in [5.41, 5.74) is 0. The number of ether oxygens (including phenoxy) is 2. The zero-order valence-corrected chi connectivity index (χ0v) is 14.2. The van der Waals surface area contributed by atoms with Gasteiger partial charge in [0.15, 0.2) is 8.32 Å². The van der Waals surface area contributed by atoms with Gasteiger partial charge in [0, 0.05) is 13.7 Å². The second-order valence-corrected chi connectivity index (χ2v) is 11.8. The molecule has 3 atom stereocenters. The maximum atomic E-state index is 6.29. The first-order valence-electron chi connectivity index (χ1n) is 6.61. The van der Waals surface area contributed by atoms with Gasteiger partial charge in [0.2, 0.25) is 0 Å². The summed E-state index contributed by atoms with van der Waals surface area (Å²) in [7, 11) is 0.0424. The molecule has 1 aliphatic rings. The Bertz CT molecular complexity index is 261. The monoisotopic (exact) mass is 294 g/mol. The van der Waals surface area contributed by atoms with Gasteiger partial charge in [0.1, 0.15) is 0 Å². The van der Waals surface area contributed by atoms with Gasteiger partial charge in [-0.15, -0.1) is 11.6 Å². The lowest BCUT2D eigenvalue weighted by Crippen LogP contribution is -2.42. The van der Waals surface area contributed by atoms with E-state index in [1.165, 1.54) is 0 Å². The molecular weight excluding hydrogens is 268 g/mol. The third-order valence-corrected chi connectivity index (χ3v) is 9.14. The summed E-state index contributed by atoms with van der Waals surface area (Å²) in [6.07, 6.45) is 1.02. The summed E-state index contributed by atoms with van der Waals surface area (Å²) in [5.74, 6) is 0. The molecule has 0 saturated carbocycles. The van der Waals surface area contributed by atoms with Crippen LogP contribution in [0.2, 0.25) is 18.1 Å². The van der Waals surface area contributed by atoms with Crippen LogP contribution in [0.5, 0.6) is 0 Å². The Kier molecular flexibility index (Phi) is 5.69. The normalized spacial score (nSPS) is 23.8. The zero-order valence-electron chi connectivity index (χ0n) is 12.5. The SMILES string of the molecule is CO[C@H](CCO[Si](C)(C)C(C)(C)C)[C@H](Cl)[C@H]1CO1. The Morgan fingerprint density at radius 2 is 1.94 bits per heavy atom. The van der Waals surface area contributed by atoms with E-state index in [0.29, 0.717) is 6.61 Å². The van der Waals surface area contributed by atoms with Crippen LogP contribution in [0.1, 0.15) is 27.2 Å². The van der Waals surface area contributed by atoms with Crippen LogP contribution < -0.4 is 0 Å². The molecule has 0 amide bonds. The molecule has 1 heterocycles. The molecule has 1 fully saturated rings. The van der Waals surface area contributed by atoms with Crippen molar-refractivity contribution in [1.29, 1.82) is 0 Å². The van der Waals surface area contributed by atoms with E-state index in [0.717, 1.165) is 13.0 Å². The van der Waals surface area contributed by atoms with E-state index in [-0.39, 0.29) is 22.6 Å². The van der Waals surface area contributed by atoms with Gasteiger partial charge in [-0.2, -0.15) is 0 Å². The number of rotatable bonds is 7. The largest absolute Gasteiger partial charge is 0.417 e. The predicted molar refractivity (Wildman–Crippen MR) is 77.9 cm³/mol. The van der Waals surface area contributed by atoms with Crippen molar-refractivity contribution in [3.05, 3.63) is 0 Å². The number of methoxy groups -OCH3 is 1. The van der Waals surface area contributed by atoms with Crippen molar-refractivity contribution in [2.45, 2.75) is 62.9 Å². The standard InChI is InChI=1S/C13H27ClO3Si/c1-13(2,3)18(5,6)17-8-7-10(15-4)12(14)11-9-16-11/h10-12H,7-9H2,1-6H3/t10-,11-,12+/m1/s1. The maximum absolute atomic E-state index is 6.29. The lowest BCUT2D eigenvalue weighted by Gasteiger charge is -2.36. The van der Waals surface area contributed by atoms with Gasteiger partial charge in [-0.1, -0.05) is 20.8 Å². The van der Waals surface area contributed by atoms with Crippen molar-refractivity contribution >= 4 is 19.9 Å². The van der Waals surface area contributed by atoms with Gasteiger partial charge in [0.05, 0.1) is 24.2 Å². The highest BCUT2D eigenvalue weighted by Gasteiger charge is 2.39. The van der Waals surface area contributed by atoms with Crippen molar-refractivity contribution in [3.63, 3.8) is 0 Å². The molecule has 0 N–H and O–H groups in total. The summed E-state index contributed by atoms with van der Waals surface area (Å²) in [6, 6.07) is 0. The van der Waals surface area contributed by atoms with Crippen LogP contribution in [0.4, 0.5) is 0 Å². The van der Waals surface area contributed by atoms with Crippen LogP contribution in [0, 0.1) is 0 Å². The highest BCUT2D eigenvalue weighted by molar-refractivity contribution is 6.74. The quantitative estimate of drug-likeness (QED) is 0.409. The van der Waals surface area contributed by atoms with E-state index in [9.17, 15) is 0 Å². The molecule has 0 aromatic rings. The Morgan fingerprint density at radius 3 is 2.33 bits per heavy atom. The molecule has 1 aliphatic heterocycles. The third-order valence-electron chi connectivity index (χ3n) is 4.04. The van der Waals surface area contributed by atoms with Crippen LogP contribution in [0.25, 0.3) is 0 Å². The van der Waals surface area contributed by atoms with Gasteiger partial charge in [-0.25, -0.2) is 0 Å². The Hall–Kier alpha value is 0.387. The van der Waals surface area contributed by atoms with Crippen molar-refractivity contribution in [3.8, 4) is 0 Å². The van der Waals surface area contributed by atoms with Crippen LogP contribution in [0.15, 0.2) is 0 Å². The minimum Gasteiger partial charge on any atom is -0.417 e. The molecule has 1 saturated heterocycles. The minimum atomic E-state index is -1.66. The molecule has 0 aromatic carbocycles. The maximum Gasteiger partial charge on any atom is 0.191 e. The van der Waals surface area contributed by atoms with Crippen molar-refractivity contribution in [2.75, 3.05) is 20.3 Å². The zero-order chi connectivity index (χ0) is 14.0. The number of hydrogen-bond acceptors (Lipinski definition) is 3. The van der Waals surface area contributed by atoms with Crippen molar-refractivity contribution in [2.24, 2.45) is 0 Å². The van der Waals surface area contributed by atoms with Crippen LogP contribution >= 0.6 is 11.6 Å². The Balaban J connectivity index is 2.35. The first-order chi connectivity index (χ1) is 8.19. The fourth-order valence-electron chi connectivity index (χ4n) is 1.53. The molecule has 0 aromatic heterocycles. The average Bonchev–Trinajstić information content (AvgIpc) is 3.05. The van der Waals surface area contributed by atoms with Gasteiger partial charge in [-0.05, 0) is 24.6 Å². The van der Waals surface area contributed by atoms with Gasteiger partial charge >= 0.3 is 0 Å². The molecule has 108 valence electrons. The van der Waals surface area contributed by atoms with Crippen molar-refractivity contribution < 1.29 is 13.9 Å².